The van der Waals surface area contributed by atoms with Crippen molar-refractivity contribution < 1.29 is 9.15 Å². The highest BCUT2D eigenvalue weighted by molar-refractivity contribution is 7.98. The average molecular weight is 328 g/mol. The molecule has 23 heavy (non-hydrogen) atoms. The van der Waals surface area contributed by atoms with E-state index in [1.807, 2.05) is 36.6 Å². The topological polar surface area (TPSA) is 66.5 Å². The molecule has 1 aromatic heterocycles. The van der Waals surface area contributed by atoms with Gasteiger partial charge in [0, 0.05) is 29.2 Å². The monoisotopic (exact) mass is 328 g/mol. The number of anilines is 1. The molecular weight excluding hydrogens is 312 g/mol. The first kappa shape index (κ1) is 15.7. The normalized spacial score (nSPS) is 14.5. The number of hydrogen-bond acceptors (Lipinski definition) is 6. The van der Waals surface area contributed by atoms with Crippen molar-refractivity contribution in [3.8, 4) is 17.4 Å². The predicted octanol–water partition coefficient (Wildman–Crippen LogP) is 2.74. The largest absolute Gasteiger partial charge is 0.422 e. The average Bonchev–Trinajstić information content (AvgIpc) is 2.62. The van der Waals surface area contributed by atoms with Crippen molar-refractivity contribution in [1.82, 2.24) is 0 Å². The van der Waals surface area contributed by atoms with E-state index in [0.717, 1.165) is 37.6 Å². The maximum atomic E-state index is 11.9. The van der Waals surface area contributed by atoms with E-state index in [1.165, 1.54) is 11.8 Å². The number of hydrogen-bond donors (Lipinski definition) is 0. The smallest absolute Gasteiger partial charge is 0.355 e. The second kappa shape index (κ2) is 6.90. The molecule has 0 unspecified atom stereocenters. The van der Waals surface area contributed by atoms with Crippen LogP contribution in [0.5, 0.6) is 0 Å². The summed E-state index contributed by atoms with van der Waals surface area (Å²) in [5.41, 5.74) is 1.41. The molecule has 1 aliphatic rings. The lowest BCUT2D eigenvalue weighted by atomic mass is 10.1. The van der Waals surface area contributed by atoms with Gasteiger partial charge in [0.05, 0.1) is 13.2 Å². The van der Waals surface area contributed by atoms with Crippen LogP contribution in [0.15, 0.2) is 44.4 Å². The first-order chi connectivity index (χ1) is 11.2. The molecule has 2 heterocycles. The van der Waals surface area contributed by atoms with Crippen LogP contribution in [0.25, 0.3) is 11.3 Å². The fraction of sp³-hybridized carbons (Fsp3) is 0.294. The lowest BCUT2D eigenvalue weighted by Gasteiger charge is -2.28. The molecule has 2 aromatic rings. The number of morpholine rings is 1. The molecule has 0 aliphatic carbocycles. The molecule has 118 valence electrons. The lowest BCUT2D eigenvalue weighted by molar-refractivity contribution is 0.122. The summed E-state index contributed by atoms with van der Waals surface area (Å²) in [4.78, 5) is 14.8. The Labute approximate surface area is 138 Å². The van der Waals surface area contributed by atoms with Gasteiger partial charge in [-0.15, -0.1) is 11.8 Å². The van der Waals surface area contributed by atoms with Crippen LogP contribution in [-0.2, 0) is 4.74 Å². The van der Waals surface area contributed by atoms with E-state index in [4.69, 9.17) is 14.4 Å². The first-order valence-electron chi connectivity index (χ1n) is 7.28. The third-order valence-electron chi connectivity index (χ3n) is 3.78. The van der Waals surface area contributed by atoms with E-state index >= 15 is 0 Å². The highest BCUT2D eigenvalue weighted by Crippen LogP contribution is 2.27. The molecule has 3 rings (SSSR count). The van der Waals surface area contributed by atoms with Crippen LogP contribution in [0.1, 0.15) is 5.56 Å². The molecule has 6 heteroatoms. The van der Waals surface area contributed by atoms with Gasteiger partial charge in [0.25, 0.3) is 0 Å². The molecule has 5 nitrogen and oxygen atoms in total. The van der Waals surface area contributed by atoms with Gasteiger partial charge in [0.1, 0.15) is 11.8 Å². The quantitative estimate of drug-likeness (QED) is 0.807. The van der Waals surface area contributed by atoms with E-state index in [-0.39, 0.29) is 5.56 Å². The Morgan fingerprint density at radius 3 is 2.52 bits per heavy atom. The number of rotatable bonds is 3. The molecule has 0 N–H and O–H groups in total. The van der Waals surface area contributed by atoms with Gasteiger partial charge in [-0.3, -0.25) is 0 Å². The van der Waals surface area contributed by atoms with Crippen molar-refractivity contribution in [1.29, 1.82) is 5.26 Å². The zero-order valence-electron chi connectivity index (χ0n) is 12.7. The Morgan fingerprint density at radius 2 is 1.91 bits per heavy atom. The summed E-state index contributed by atoms with van der Waals surface area (Å²) in [5, 5.41) is 9.03. The molecule has 0 saturated carbocycles. The Balaban J connectivity index is 1.92. The Morgan fingerprint density at radius 1 is 1.22 bits per heavy atom. The fourth-order valence-electron chi connectivity index (χ4n) is 2.53. The highest BCUT2D eigenvalue weighted by atomic mass is 32.2. The summed E-state index contributed by atoms with van der Waals surface area (Å²) in [7, 11) is 0. The second-order valence-electron chi connectivity index (χ2n) is 5.10. The minimum atomic E-state index is -0.591. The van der Waals surface area contributed by atoms with Crippen LogP contribution >= 0.6 is 11.8 Å². The van der Waals surface area contributed by atoms with Gasteiger partial charge in [-0.25, -0.2) is 4.79 Å². The van der Waals surface area contributed by atoms with E-state index in [1.54, 1.807) is 6.07 Å². The summed E-state index contributed by atoms with van der Waals surface area (Å²) >= 11 is 1.36. The fourth-order valence-corrected chi connectivity index (χ4v) is 3.09. The van der Waals surface area contributed by atoms with Crippen LogP contribution in [-0.4, -0.2) is 32.6 Å². The van der Waals surface area contributed by atoms with E-state index in [2.05, 4.69) is 4.90 Å². The number of nitriles is 1. The summed E-state index contributed by atoms with van der Waals surface area (Å²) in [6.45, 7) is 3.23. The third kappa shape index (κ3) is 3.26. The van der Waals surface area contributed by atoms with Gasteiger partial charge in [-0.05, 0) is 36.6 Å². The van der Waals surface area contributed by atoms with Crippen molar-refractivity contribution in [3.05, 3.63) is 46.3 Å². The summed E-state index contributed by atoms with van der Waals surface area (Å²) in [6, 6.07) is 11.5. The van der Waals surface area contributed by atoms with Crippen molar-refractivity contribution in [3.63, 3.8) is 0 Å². The predicted molar refractivity (Wildman–Crippen MR) is 89.9 cm³/mol. The number of benzene rings is 1. The minimum absolute atomic E-state index is 0.0613. The van der Waals surface area contributed by atoms with Gasteiger partial charge in [0.15, 0.2) is 5.56 Å². The molecular formula is C17H16N2O3S. The molecule has 1 saturated heterocycles. The first-order valence-corrected chi connectivity index (χ1v) is 8.51. The van der Waals surface area contributed by atoms with Crippen LogP contribution in [0.4, 0.5) is 5.69 Å². The molecule has 0 spiro atoms. The van der Waals surface area contributed by atoms with Gasteiger partial charge in [-0.2, -0.15) is 5.26 Å². The maximum absolute atomic E-state index is 11.9. The molecule has 1 aromatic carbocycles. The zero-order chi connectivity index (χ0) is 16.2. The lowest BCUT2D eigenvalue weighted by Crippen LogP contribution is -2.36. The van der Waals surface area contributed by atoms with Crippen molar-refractivity contribution >= 4 is 17.4 Å². The van der Waals surface area contributed by atoms with E-state index in [0.29, 0.717) is 10.7 Å². The molecule has 0 bridgehead atoms. The minimum Gasteiger partial charge on any atom is -0.422 e. The van der Waals surface area contributed by atoms with Gasteiger partial charge in [0.2, 0.25) is 0 Å². The van der Waals surface area contributed by atoms with Crippen LogP contribution in [0, 0.1) is 11.3 Å². The second-order valence-corrected chi connectivity index (χ2v) is 5.95. The Bertz CT molecular complexity index is 787. The number of nitrogens with zero attached hydrogens (tertiary/aromatic N) is 2. The van der Waals surface area contributed by atoms with Crippen molar-refractivity contribution in [2.75, 3.05) is 37.5 Å². The molecule has 0 amide bonds. The Kier molecular flexibility index (Phi) is 4.70. The van der Waals surface area contributed by atoms with Crippen LogP contribution in [0.3, 0.4) is 0 Å². The Hall–Kier alpha value is -2.23. The third-order valence-corrected chi connectivity index (χ3v) is 4.54. The summed E-state index contributed by atoms with van der Waals surface area (Å²) in [6.07, 6.45) is 1.83. The summed E-state index contributed by atoms with van der Waals surface area (Å²) < 4.78 is 10.6. The number of ether oxygens (including phenoxy) is 1. The standard InChI is InChI=1S/C17H16N2O3S/c1-23-16-10-15(22-17(20)14(16)11-18)12-2-4-13(5-3-12)19-6-8-21-9-7-19/h2-5,10H,6-9H2,1H3. The van der Waals surface area contributed by atoms with Crippen LogP contribution < -0.4 is 10.5 Å². The van der Waals surface area contributed by atoms with Gasteiger partial charge < -0.3 is 14.1 Å². The maximum Gasteiger partial charge on any atom is 0.355 e. The highest BCUT2D eigenvalue weighted by Gasteiger charge is 2.14. The zero-order valence-corrected chi connectivity index (χ0v) is 13.6. The van der Waals surface area contributed by atoms with E-state index in [9.17, 15) is 4.79 Å². The van der Waals surface area contributed by atoms with Crippen molar-refractivity contribution in [2.45, 2.75) is 4.90 Å². The molecule has 0 atom stereocenters. The van der Waals surface area contributed by atoms with Gasteiger partial charge >= 0.3 is 5.63 Å². The van der Waals surface area contributed by atoms with Crippen LogP contribution in [0.2, 0.25) is 0 Å². The number of thioether (sulfide) groups is 1. The molecule has 1 aliphatic heterocycles. The van der Waals surface area contributed by atoms with E-state index < -0.39 is 5.63 Å². The SMILES string of the molecule is CSc1cc(-c2ccc(N3CCOCC3)cc2)oc(=O)c1C#N. The van der Waals surface area contributed by atoms with Gasteiger partial charge in [-0.1, -0.05) is 0 Å². The van der Waals surface area contributed by atoms with Crippen molar-refractivity contribution in [2.24, 2.45) is 0 Å². The molecule has 0 radical (unpaired) electrons. The summed E-state index contributed by atoms with van der Waals surface area (Å²) in [5.74, 6) is 0.479. The molecule has 1 fully saturated rings.